The van der Waals surface area contributed by atoms with Crippen LogP contribution in [0.1, 0.15) is 30.1 Å². The topological polar surface area (TPSA) is 130 Å². The minimum atomic E-state index is -1.49. The molecule has 11 heteroatoms. The first-order chi connectivity index (χ1) is 12.2. The minimum Gasteiger partial charge on any atom is -0.465 e. The molecule has 0 aromatic heterocycles. The molecule has 1 aromatic carbocycles. The molecule has 2 rings (SSSR count). The second kappa shape index (κ2) is 7.65. The Kier molecular flexibility index (Phi) is 5.76. The fourth-order valence-electron chi connectivity index (χ4n) is 2.49. The Morgan fingerprint density at radius 3 is 2.58 bits per heavy atom. The van der Waals surface area contributed by atoms with Crippen molar-refractivity contribution in [2.45, 2.75) is 38.0 Å². The lowest BCUT2D eigenvalue weighted by atomic mass is 10.1. The highest BCUT2D eigenvalue weighted by atomic mass is 35.5. The molecule has 3 amide bonds. The standard InChI is InChI=1S/C15H15ClFN3O6/c1-2-9(18-15(23)24)13(21)19(11-6-8(11)17)14(22)12-7(16)4-3-5-10(12)20(25)26/h3-5,8-9,11,18H,2,6H2,1H3,(H,23,24)/t8-,9?,11+/m0/s1. The number of halogens is 2. The number of hydrogen-bond acceptors (Lipinski definition) is 5. The molecule has 1 fully saturated rings. The van der Waals surface area contributed by atoms with Gasteiger partial charge in [0.05, 0.1) is 16.0 Å². The van der Waals surface area contributed by atoms with E-state index in [4.69, 9.17) is 16.7 Å². The summed E-state index contributed by atoms with van der Waals surface area (Å²) in [6.45, 7) is 1.50. The number of carboxylic acid groups (broad SMARTS) is 1. The molecule has 1 unspecified atom stereocenters. The lowest BCUT2D eigenvalue weighted by Gasteiger charge is -2.25. The van der Waals surface area contributed by atoms with E-state index in [9.17, 15) is 28.9 Å². The number of nitro groups is 1. The number of nitrogens with zero attached hydrogens (tertiary/aromatic N) is 2. The monoisotopic (exact) mass is 387 g/mol. The van der Waals surface area contributed by atoms with Gasteiger partial charge < -0.3 is 10.4 Å². The van der Waals surface area contributed by atoms with Gasteiger partial charge in [-0.05, 0) is 12.5 Å². The summed E-state index contributed by atoms with van der Waals surface area (Å²) in [5, 5.41) is 21.7. The smallest absolute Gasteiger partial charge is 0.405 e. The fourth-order valence-corrected chi connectivity index (χ4v) is 2.74. The van der Waals surface area contributed by atoms with Crippen molar-refractivity contribution in [2.24, 2.45) is 0 Å². The molecule has 0 aliphatic heterocycles. The Morgan fingerprint density at radius 2 is 2.12 bits per heavy atom. The van der Waals surface area contributed by atoms with Crippen molar-refractivity contribution in [1.29, 1.82) is 0 Å². The van der Waals surface area contributed by atoms with Gasteiger partial charge in [0.25, 0.3) is 17.5 Å². The van der Waals surface area contributed by atoms with E-state index in [2.05, 4.69) is 0 Å². The highest BCUT2D eigenvalue weighted by molar-refractivity contribution is 6.35. The van der Waals surface area contributed by atoms with E-state index in [1.165, 1.54) is 19.1 Å². The maximum atomic E-state index is 13.6. The molecular weight excluding hydrogens is 373 g/mol. The zero-order valence-electron chi connectivity index (χ0n) is 13.5. The molecule has 0 saturated heterocycles. The second-order valence-electron chi connectivity index (χ2n) is 5.63. The van der Waals surface area contributed by atoms with E-state index in [-0.39, 0.29) is 17.9 Å². The van der Waals surface area contributed by atoms with Crippen LogP contribution in [0.5, 0.6) is 0 Å². The molecule has 9 nitrogen and oxygen atoms in total. The first kappa shape index (κ1) is 19.6. The van der Waals surface area contributed by atoms with Crippen LogP contribution in [0.2, 0.25) is 5.02 Å². The van der Waals surface area contributed by atoms with E-state index in [1.54, 1.807) is 0 Å². The molecule has 140 valence electrons. The van der Waals surface area contributed by atoms with Gasteiger partial charge in [0.1, 0.15) is 17.8 Å². The zero-order valence-corrected chi connectivity index (χ0v) is 14.3. The van der Waals surface area contributed by atoms with Gasteiger partial charge in [-0.15, -0.1) is 0 Å². The van der Waals surface area contributed by atoms with Crippen LogP contribution in [0.15, 0.2) is 18.2 Å². The molecule has 3 atom stereocenters. The van der Waals surface area contributed by atoms with Crippen LogP contribution >= 0.6 is 11.6 Å². The van der Waals surface area contributed by atoms with Crippen molar-refractivity contribution in [3.63, 3.8) is 0 Å². The van der Waals surface area contributed by atoms with Crippen molar-refractivity contribution in [3.05, 3.63) is 38.9 Å². The SMILES string of the molecule is CCC(NC(=O)O)C(=O)N(C(=O)c1c(Cl)cccc1[N+](=O)[O-])[C@@H]1C[C@@H]1F. The number of benzene rings is 1. The van der Waals surface area contributed by atoms with Crippen molar-refractivity contribution < 1.29 is 28.8 Å². The molecule has 0 heterocycles. The lowest BCUT2D eigenvalue weighted by Crippen LogP contribution is -2.51. The molecular formula is C15H15ClFN3O6. The maximum absolute atomic E-state index is 13.6. The summed E-state index contributed by atoms with van der Waals surface area (Å²) in [6.07, 6.45) is -3.09. The molecule has 1 aliphatic rings. The van der Waals surface area contributed by atoms with Crippen molar-refractivity contribution in [2.75, 3.05) is 0 Å². The molecule has 2 N–H and O–H groups in total. The second-order valence-corrected chi connectivity index (χ2v) is 6.04. The number of imide groups is 1. The molecule has 0 spiro atoms. The summed E-state index contributed by atoms with van der Waals surface area (Å²) in [7, 11) is 0. The Balaban J connectivity index is 2.46. The lowest BCUT2D eigenvalue weighted by molar-refractivity contribution is -0.385. The van der Waals surface area contributed by atoms with Gasteiger partial charge in [-0.2, -0.15) is 0 Å². The van der Waals surface area contributed by atoms with Gasteiger partial charge in [-0.3, -0.25) is 24.6 Å². The third-order valence-electron chi connectivity index (χ3n) is 3.88. The molecule has 1 aliphatic carbocycles. The number of amides is 3. The summed E-state index contributed by atoms with van der Waals surface area (Å²) in [5.74, 6) is -2.12. The fraction of sp³-hybridized carbons (Fsp3) is 0.400. The quantitative estimate of drug-likeness (QED) is 0.569. The average molecular weight is 388 g/mol. The van der Waals surface area contributed by atoms with Crippen LogP contribution in [0.4, 0.5) is 14.9 Å². The number of hydrogen-bond donors (Lipinski definition) is 2. The van der Waals surface area contributed by atoms with E-state index >= 15 is 0 Å². The number of nitro benzene ring substituents is 1. The first-order valence-corrected chi connectivity index (χ1v) is 8.00. The predicted octanol–water partition coefficient (Wildman–Crippen LogP) is 2.37. The summed E-state index contributed by atoms with van der Waals surface area (Å²) >= 11 is 5.91. The van der Waals surface area contributed by atoms with Gasteiger partial charge >= 0.3 is 6.09 Å². The van der Waals surface area contributed by atoms with Gasteiger partial charge in [0, 0.05) is 12.5 Å². The summed E-state index contributed by atoms with van der Waals surface area (Å²) in [5.41, 5.74) is -1.17. The van der Waals surface area contributed by atoms with E-state index < -0.39 is 52.3 Å². The highest BCUT2D eigenvalue weighted by Gasteiger charge is 2.50. The summed E-state index contributed by atoms with van der Waals surface area (Å²) in [6, 6.07) is 1.12. The largest absolute Gasteiger partial charge is 0.465 e. The van der Waals surface area contributed by atoms with Gasteiger partial charge in [0.15, 0.2) is 0 Å². The van der Waals surface area contributed by atoms with Gasteiger partial charge in [0.2, 0.25) is 0 Å². The zero-order chi connectivity index (χ0) is 19.6. The van der Waals surface area contributed by atoms with Crippen molar-refractivity contribution in [1.82, 2.24) is 10.2 Å². The van der Waals surface area contributed by atoms with Crippen LogP contribution in [-0.4, -0.2) is 51.1 Å². The van der Waals surface area contributed by atoms with Crippen LogP contribution in [0.25, 0.3) is 0 Å². The van der Waals surface area contributed by atoms with Crippen LogP contribution in [-0.2, 0) is 4.79 Å². The maximum Gasteiger partial charge on any atom is 0.405 e. The number of carbonyl (C=O) groups excluding carboxylic acids is 2. The number of nitrogens with one attached hydrogen (secondary N) is 1. The number of carbonyl (C=O) groups is 3. The number of alkyl halides is 1. The first-order valence-electron chi connectivity index (χ1n) is 7.62. The molecule has 1 saturated carbocycles. The Bertz CT molecular complexity index is 774. The van der Waals surface area contributed by atoms with Crippen LogP contribution in [0.3, 0.4) is 0 Å². The minimum absolute atomic E-state index is 0.00318. The van der Waals surface area contributed by atoms with Crippen LogP contribution in [0, 0.1) is 10.1 Å². The molecule has 26 heavy (non-hydrogen) atoms. The summed E-state index contributed by atoms with van der Waals surface area (Å²) < 4.78 is 13.6. The Labute approximate surface area is 151 Å². The predicted molar refractivity (Wildman–Crippen MR) is 87.8 cm³/mol. The Morgan fingerprint density at radius 1 is 1.50 bits per heavy atom. The molecule has 0 radical (unpaired) electrons. The highest BCUT2D eigenvalue weighted by Crippen LogP contribution is 2.36. The van der Waals surface area contributed by atoms with Gasteiger partial charge in [-0.1, -0.05) is 24.6 Å². The molecule has 0 bridgehead atoms. The molecule has 1 aromatic rings. The van der Waals surface area contributed by atoms with Gasteiger partial charge in [-0.25, -0.2) is 9.18 Å². The third-order valence-corrected chi connectivity index (χ3v) is 4.19. The van der Waals surface area contributed by atoms with Crippen molar-refractivity contribution in [3.8, 4) is 0 Å². The number of rotatable bonds is 6. The average Bonchev–Trinajstić information content (AvgIpc) is 3.27. The summed E-state index contributed by atoms with van der Waals surface area (Å²) in [4.78, 5) is 47.2. The van der Waals surface area contributed by atoms with Crippen LogP contribution < -0.4 is 5.32 Å². The Hall–Kier alpha value is -2.75. The third kappa shape index (κ3) is 3.90. The normalized spacial score (nSPS) is 19.3. The van der Waals surface area contributed by atoms with E-state index in [0.717, 1.165) is 6.07 Å². The van der Waals surface area contributed by atoms with E-state index in [1.807, 2.05) is 5.32 Å². The van der Waals surface area contributed by atoms with E-state index in [0.29, 0.717) is 4.90 Å². The van der Waals surface area contributed by atoms with Crippen molar-refractivity contribution >= 4 is 35.2 Å².